The number of phenols is 1. The van der Waals surface area contributed by atoms with Gasteiger partial charge in [-0.2, -0.15) is 13.2 Å². The van der Waals surface area contributed by atoms with Crippen LogP contribution in [0.4, 0.5) is 13.2 Å². The second kappa shape index (κ2) is 6.59. The topological polar surface area (TPSA) is 118 Å². The Balaban J connectivity index is 2.95. The highest BCUT2D eigenvalue weighted by molar-refractivity contribution is 8.14. The maximum absolute atomic E-state index is 12.5. The average Bonchev–Trinajstić information content (AvgIpc) is 2.42. The van der Waals surface area contributed by atoms with E-state index in [1.165, 1.54) is 0 Å². The summed E-state index contributed by atoms with van der Waals surface area (Å²) in [6.07, 6.45) is -4.68. The van der Waals surface area contributed by atoms with E-state index in [0.717, 1.165) is 13.0 Å². The molecule has 0 fully saturated rings. The van der Waals surface area contributed by atoms with Crippen LogP contribution in [0.3, 0.4) is 0 Å². The van der Waals surface area contributed by atoms with Gasteiger partial charge in [-0.25, -0.2) is 4.79 Å². The van der Waals surface area contributed by atoms with E-state index in [1.54, 1.807) is 0 Å². The lowest BCUT2D eigenvalue weighted by atomic mass is 9.99. The van der Waals surface area contributed by atoms with Gasteiger partial charge in [0.15, 0.2) is 11.3 Å². The lowest BCUT2D eigenvalue weighted by molar-refractivity contribution is -0.146. The number of carboxylic acids is 1. The summed E-state index contributed by atoms with van der Waals surface area (Å²) < 4.78 is 37.4. The molecule has 23 heavy (non-hydrogen) atoms. The Morgan fingerprint density at radius 3 is 2.22 bits per heavy atom. The quantitative estimate of drug-likeness (QED) is 0.691. The lowest BCUT2D eigenvalue weighted by Gasteiger charge is -2.20. The molecule has 4 N–H and O–H groups in total. The van der Waals surface area contributed by atoms with Crippen LogP contribution in [-0.4, -0.2) is 38.4 Å². The molecule has 1 aromatic carbocycles. The molecule has 0 aliphatic carbocycles. The number of alkyl halides is 3. The Morgan fingerprint density at radius 1 is 1.26 bits per heavy atom. The molecule has 6 nitrogen and oxygen atoms in total. The third-order valence-corrected chi connectivity index (χ3v) is 4.07. The molecule has 0 spiro atoms. The van der Waals surface area contributed by atoms with Crippen molar-refractivity contribution in [3.8, 4) is 5.75 Å². The van der Waals surface area contributed by atoms with Gasteiger partial charge in [0.05, 0.1) is 11.1 Å². The number of benzene rings is 1. The van der Waals surface area contributed by atoms with Gasteiger partial charge < -0.3 is 15.9 Å². The molecule has 1 aromatic rings. The first kappa shape index (κ1) is 19.0. The zero-order valence-corrected chi connectivity index (χ0v) is 12.5. The number of carboxylic acid groups (broad SMARTS) is 1. The van der Waals surface area contributed by atoms with Crippen molar-refractivity contribution < 1.29 is 37.8 Å². The smallest absolute Gasteiger partial charge is 0.416 e. The van der Waals surface area contributed by atoms with E-state index in [4.69, 9.17) is 10.8 Å². The molecular weight excluding hydrogens is 339 g/mol. The van der Waals surface area contributed by atoms with Crippen molar-refractivity contribution in [2.75, 3.05) is 5.75 Å². The second-order valence-electron chi connectivity index (χ2n) is 4.64. The lowest BCUT2D eigenvalue weighted by Crippen LogP contribution is -2.56. The first-order chi connectivity index (χ1) is 10.4. The van der Waals surface area contributed by atoms with Crippen LogP contribution in [0.15, 0.2) is 18.2 Å². The van der Waals surface area contributed by atoms with Crippen LogP contribution >= 0.6 is 11.8 Å². The van der Waals surface area contributed by atoms with Gasteiger partial charge in [-0.15, -0.1) is 0 Å². The molecular formula is C13H12F3NO5S. The molecule has 0 radical (unpaired) electrons. The number of thioether (sulfide) groups is 1. The fraction of sp³-hybridized carbons (Fsp3) is 0.308. The van der Waals surface area contributed by atoms with Crippen molar-refractivity contribution in [2.24, 2.45) is 5.73 Å². The van der Waals surface area contributed by atoms with Crippen LogP contribution in [0.25, 0.3) is 0 Å². The highest BCUT2D eigenvalue weighted by Gasteiger charge is 2.40. The molecule has 1 unspecified atom stereocenters. The number of phenolic OH excluding ortho intramolecular Hbond substituents is 1. The van der Waals surface area contributed by atoms with Crippen LogP contribution < -0.4 is 5.73 Å². The summed E-state index contributed by atoms with van der Waals surface area (Å²) in [6.45, 7) is 0.939. The Bertz CT molecular complexity index is 646. The third-order valence-electron chi connectivity index (χ3n) is 2.99. The standard InChI is InChI=1S/C13H12F3NO5S/c1-6(18)12(17,11(21)22)5-23-10(20)8-3-2-7(4-9(8)19)13(14,15)16/h2-4,19H,5,17H2,1H3,(H,21,22). The largest absolute Gasteiger partial charge is 0.507 e. The van der Waals surface area contributed by atoms with E-state index in [9.17, 15) is 32.7 Å². The third kappa shape index (κ3) is 4.23. The van der Waals surface area contributed by atoms with Crippen molar-refractivity contribution in [2.45, 2.75) is 18.6 Å². The average molecular weight is 351 g/mol. The summed E-state index contributed by atoms with van der Waals surface area (Å²) >= 11 is 0.314. The van der Waals surface area contributed by atoms with Crippen molar-refractivity contribution in [3.05, 3.63) is 29.3 Å². The minimum absolute atomic E-state index is 0.314. The Labute approximate surface area is 132 Å². The van der Waals surface area contributed by atoms with Gasteiger partial charge in [-0.1, -0.05) is 11.8 Å². The Hall–Kier alpha value is -2.07. The number of carbonyl (C=O) groups is 3. The predicted octanol–water partition coefficient (Wildman–Crippen LogP) is 1.66. The van der Waals surface area contributed by atoms with Gasteiger partial charge in [0, 0.05) is 5.75 Å². The Kier molecular flexibility index (Phi) is 5.43. The Morgan fingerprint density at radius 2 is 1.83 bits per heavy atom. The summed E-state index contributed by atoms with van der Waals surface area (Å²) in [6, 6.07) is 1.75. The van der Waals surface area contributed by atoms with Crippen molar-refractivity contribution in [1.29, 1.82) is 0 Å². The van der Waals surface area contributed by atoms with Gasteiger partial charge in [-0.3, -0.25) is 9.59 Å². The highest BCUT2D eigenvalue weighted by Crippen LogP contribution is 2.34. The van der Waals surface area contributed by atoms with Crippen molar-refractivity contribution in [1.82, 2.24) is 0 Å². The van der Waals surface area contributed by atoms with Crippen molar-refractivity contribution in [3.63, 3.8) is 0 Å². The first-order valence-corrected chi connectivity index (χ1v) is 6.99. The summed E-state index contributed by atoms with van der Waals surface area (Å²) in [5.74, 6) is -4.06. The fourth-order valence-corrected chi connectivity index (χ4v) is 2.47. The van der Waals surface area contributed by atoms with E-state index in [2.05, 4.69) is 0 Å². The normalized spacial score (nSPS) is 14.1. The van der Waals surface area contributed by atoms with Crippen LogP contribution in [0.2, 0.25) is 0 Å². The van der Waals surface area contributed by atoms with E-state index < -0.39 is 51.2 Å². The monoisotopic (exact) mass is 351 g/mol. The van der Waals surface area contributed by atoms with E-state index in [-0.39, 0.29) is 0 Å². The molecule has 126 valence electrons. The first-order valence-electron chi connectivity index (χ1n) is 6.00. The van der Waals surface area contributed by atoms with Crippen LogP contribution in [0.1, 0.15) is 22.8 Å². The van der Waals surface area contributed by atoms with Crippen LogP contribution in [0, 0.1) is 0 Å². The molecule has 10 heteroatoms. The summed E-state index contributed by atoms with van der Waals surface area (Å²) in [4.78, 5) is 34.1. The summed E-state index contributed by atoms with van der Waals surface area (Å²) in [5, 5.41) is 17.5. The maximum Gasteiger partial charge on any atom is 0.416 e. The number of halogens is 3. The molecule has 0 aliphatic rings. The van der Waals surface area contributed by atoms with E-state index in [0.29, 0.717) is 23.9 Å². The number of aliphatic carboxylic acids is 1. The molecule has 0 saturated carbocycles. The summed E-state index contributed by atoms with van der Waals surface area (Å²) in [5.41, 5.74) is 1.51. The van der Waals surface area contributed by atoms with Gasteiger partial charge in [0.25, 0.3) is 0 Å². The summed E-state index contributed by atoms with van der Waals surface area (Å²) in [7, 11) is 0. The van der Waals surface area contributed by atoms with E-state index >= 15 is 0 Å². The van der Waals surface area contributed by atoms with Gasteiger partial charge in [0.2, 0.25) is 5.12 Å². The molecule has 0 saturated heterocycles. The zero-order chi connectivity index (χ0) is 18.0. The fourth-order valence-electron chi connectivity index (χ4n) is 1.45. The zero-order valence-electron chi connectivity index (χ0n) is 11.7. The highest BCUT2D eigenvalue weighted by atomic mass is 32.2. The SMILES string of the molecule is CC(=O)C(N)(CSC(=O)c1ccc(C(F)(F)F)cc1O)C(=O)O. The number of aromatic hydroxyl groups is 1. The molecule has 1 rings (SSSR count). The molecule has 1 atom stereocenters. The van der Waals surface area contributed by atoms with Crippen molar-refractivity contribution >= 4 is 28.6 Å². The number of rotatable bonds is 5. The molecule has 0 bridgehead atoms. The number of nitrogens with two attached hydrogens (primary N) is 1. The van der Waals surface area contributed by atoms with Crippen LogP contribution in [0.5, 0.6) is 5.75 Å². The molecule has 0 aromatic heterocycles. The maximum atomic E-state index is 12.5. The molecule has 0 heterocycles. The molecule has 0 aliphatic heterocycles. The van der Waals surface area contributed by atoms with Gasteiger partial charge >= 0.3 is 12.1 Å². The minimum atomic E-state index is -4.68. The number of hydrogen-bond acceptors (Lipinski definition) is 6. The van der Waals surface area contributed by atoms with Gasteiger partial charge in [0.1, 0.15) is 5.75 Å². The second-order valence-corrected chi connectivity index (χ2v) is 5.59. The number of Topliss-reactive ketones (excluding diaryl/α,β-unsaturated/α-hetero) is 1. The van der Waals surface area contributed by atoms with E-state index in [1.807, 2.05) is 0 Å². The van der Waals surface area contributed by atoms with Crippen LogP contribution in [-0.2, 0) is 15.8 Å². The predicted molar refractivity (Wildman–Crippen MR) is 75.1 cm³/mol. The number of carbonyl (C=O) groups excluding carboxylic acids is 2. The number of ketones is 1. The molecule has 0 amide bonds. The minimum Gasteiger partial charge on any atom is -0.507 e. The van der Waals surface area contributed by atoms with Gasteiger partial charge in [-0.05, 0) is 25.1 Å². The number of hydrogen-bond donors (Lipinski definition) is 3.